The SMILES string of the molecule is CCO[Si](CCCSC(C)(C)C(=O)OCCN1CCOCC1)(OCC)OCC. The van der Waals surface area contributed by atoms with E-state index in [0.717, 1.165) is 51.1 Å². The van der Waals surface area contributed by atoms with E-state index >= 15 is 0 Å². The van der Waals surface area contributed by atoms with E-state index in [-0.39, 0.29) is 5.97 Å². The van der Waals surface area contributed by atoms with Crippen molar-refractivity contribution in [1.29, 1.82) is 0 Å². The monoisotopic (exact) mass is 437 g/mol. The smallest absolute Gasteiger partial charge is 0.463 e. The van der Waals surface area contributed by atoms with Gasteiger partial charge in [0, 0.05) is 45.5 Å². The van der Waals surface area contributed by atoms with Gasteiger partial charge in [0.25, 0.3) is 0 Å². The molecule has 1 aliphatic rings. The first-order valence-electron chi connectivity index (χ1n) is 10.4. The van der Waals surface area contributed by atoms with Crippen LogP contribution in [-0.4, -0.2) is 89.4 Å². The molecule has 0 aromatic heterocycles. The summed E-state index contributed by atoms with van der Waals surface area (Å²) in [6, 6.07) is 0.762. The molecular formula is C19H39NO6SSi. The van der Waals surface area contributed by atoms with Crippen LogP contribution in [0.25, 0.3) is 0 Å². The van der Waals surface area contributed by atoms with Gasteiger partial charge in [-0.3, -0.25) is 9.69 Å². The van der Waals surface area contributed by atoms with E-state index in [1.165, 1.54) is 0 Å². The maximum Gasteiger partial charge on any atom is 0.500 e. The van der Waals surface area contributed by atoms with Gasteiger partial charge >= 0.3 is 14.8 Å². The van der Waals surface area contributed by atoms with Gasteiger partial charge in [0.15, 0.2) is 0 Å². The number of ether oxygens (including phenoxy) is 2. The van der Waals surface area contributed by atoms with Crippen molar-refractivity contribution in [3.63, 3.8) is 0 Å². The van der Waals surface area contributed by atoms with E-state index in [2.05, 4.69) is 4.90 Å². The molecule has 0 bridgehead atoms. The molecule has 0 radical (unpaired) electrons. The van der Waals surface area contributed by atoms with Crippen LogP contribution in [0.4, 0.5) is 0 Å². The van der Waals surface area contributed by atoms with Gasteiger partial charge in [0.1, 0.15) is 11.4 Å². The predicted molar refractivity (Wildman–Crippen MR) is 115 cm³/mol. The largest absolute Gasteiger partial charge is 0.500 e. The highest BCUT2D eigenvalue weighted by molar-refractivity contribution is 8.01. The molecule has 0 unspecified atom stereocenters. The van der Waals surface area contributed by atoms with E-state index in [1.807, 2.05) is 34.6 Å². The maximum atomic E-state index is 12.5. The molecule has 0 aromatic carbocycles. The molecule has 166 valence electrons. The molecule has 9 heteroatoms. The first-order valence-corrected chi connectivity index (χ1v) is 13.3. The second kappa shape index (κ2) is 13.9. The average Bonchev–Trinajstić information content (AvgIpc) is 2.67. The molecular weight excluding hydrogens is 398 g/mol. The zero-order valence-corrected chi connectivity index (χ0v) is 20.1. The molecule has 1 fully saturated rings. The lowest BCUT2D eigenvalue weighted by atomic mass is 10.2. The van der Waals surface area contributed by atoms with Crippen molar-refractivity contribution in [3.8, 4) is 0 Å². The van der Waals surface area contributed by atoms with Crippen LogP contribution in [0.1, 0.15) is 41.0 Å². The maximum absolute atomic E-state index is 12.5. The van der Waals surface area contributed by atoms with Crippen LogP contribution in [0.2, 0.25) is 6.04 Å². The van der Waals surface area contributed by atoms with E-state index < -0.39 is 13.6 Å². The van der Waals surface area contributed by atoms with Crippen LogP contribution in [-0.2, 0) is 27.5 Å². The summed E-state index contributed by atoms with van der Waals surface area (Å²) in [5, 5.41) is 0. The summed E-state index contributed by atoms with van der Waals surface area (Å²) in [5.74, 6) is 0.668. The number of carbonyl (C=O) groups excluding carboxylic acids is 1. The van der Waals surface area contributed by atoms with Crippen molar-refractivity contribution in [1.82, 2.24) is 4.90 Å². The lowest BCUT2D eigenvalue weighted by molar-refractivity contribution is -0.146. The first-order chi connectivity index (χ1) is 13.4. The standard InChI is InChI=1S/C19H39NO6SSi/c1-6-24-28(25-7-2,26-8-3)17-9-16-27-19(4,5)18(21)23-15-12-20-10-13-22-14-11-20/h6-17H2,1-5H3. The normalized spacial score (nSPS) is 16.3. The average molecular weight is 438 g/mol. The van der Waals surface area contributed by atoms with Gasteiger partial charge < -0.3 is 22.8 Å². The van der Waals surface area contributed by atoms with E-state index in [1.54, 1.807) is 11.8 Å². The molecule has 1 aliphatic heterocycles. The fourth-order valence-corrected chi connectivity index (χ4v) is 6.79. The molecule has 28 heavy (non-hydrogen) atoms. The zero-order chi connectivity index (χ0) is 20.9. The molecule has 1 rings (SSSR count). The summed E-state index contributed by atoms with van der Waals surface area (Å²) in [7, 11) is -2.60. The number of nitrogens with zero attached hydrogens (tertiary/aromatic N) is 1. The second-order valence-electron chi connectivity index (χ2n) is 7.03. The predicted octanol–water partition coefficient (Wildman–Crippen LogP) is 2.81. The number of hydrogen-bond donors (Lipinski definition) is 0. The van der Waals surface area contributed by atoms with Gasteiger partial charge in [-0.25, -0.2) is 0 Å². The van der Waals surface area contributed by atoms with Crippen LogP contribution in [0.3, 0.4) is 0 Å². The number of carbonyl (C=O) groups is 1. The molecule has 1 saturated heterocycles. The number of esters is 1. The summed E-state index contributed by atoms with van der Waals surface area (Å²) < 4.78 is 27.9. The molecule has 0 saturated carbocycles. The van der Waals surface area contributed by atoms with Gasteiger partial charge in [-0.2, -0.15) is 0 Å². The number of thioether (sulfide) groups is 1. The van der Waals surface area contributed by atoms with Gasteiger partial charge in [-0.15, -0.1) is 11.8 Å². The van der Waals surface area contributed by atoms with Gasteiger partial charge in [-0.1, -0.05) is 0 Å². The Morgan fingerprint density at radius 3 is 2.18 bits per heavy atom. The van der Waals surface area contributed by atoms with Crippen molar-refractivity contribution in [2.24, 2.45) is 0 Å². The summed E-state index contributed by atoms with van der Waals surface area (Å²) in [5.41, 5.74) is 0. The Kier molecular flexibility index (Phi) is 12.9. The molecule has 0 spiro atoms. The zero-order valence-electron chi connectivity index (χ0n) is 18.3. The van der Waals surface area contributed by atoms with Crippen LogP contribution >= 0.6 is 11.8 Å². The lowest BCUT2D eigenvalue weighted by Gasteiger charge is -2.29. The summed E-state index contributed by atoms with van der Waals surface area (Å²) in [6.07, 6.45) is 0.876. The van der Waals surface area contributed by atoms with Crippen LogP contribution in [0, 0.1) is 0 Å². The third-order valence-electron chi connectivity index (χ3n) is 4.42. The summed E-state index contributed by atoms with van der Waals surface area (Å²) >= 11 is 1.62. The quantitative estimate of drug-likeness (QED) is 0.220. The molecule has 0 atom stereocenters. The third kappa shape index (κ3) is 9.56. The minimum absolute atomic E-state index is 0.159. The molecule has 0 aromatic rings. The highest BCUT2D eigenvalue weighted by Gasteiger charge is 2.40. The number of hydrogen-bond acceptors (Lipinski definition) is 8. The van der Waals surface area contributed by atoms with E-state index in [0.29, 0.717) is 26.4 Å². The Morgan fingerprint density at radius 2 is 1.64 bits per heavy atom. The highest BCUT2D eigenvalue weighted by atomic mass is 32.2. The minimum atomic E-state index is -2.60. The van der Waals surface area contributed by atoms with Gasteiger partial charge in [-0.05, 0) is 46.8 Å². The second-order valence-corrected chi connectivity index (χ2v) is 11.5. The van der Waals surface area contributed by atoms with Crippen molar-refractivity contribution >= 4 is 26.5 Å². The fraction of sp³-hybridized carbons (Fsp3) is 0.947. The number of rotatable bonds is 15. The Labute approximate surface area is 176 Å². The Morgan fingerprint density at radius 1 is 1.07 bits per heavy atom. The topological polar surface area (TPSA) is 66.5 Å². The van der Waals surface area contributed by atoms with E-state index in [4.69, 9.17) is 22.8 Å². The van der Waals surface area contributed by atoms with Crippen molar-refractivity contribution in [2.75, 3.05) is 65.0 Å². The van der Waals surface area contributed by atoms with Gasteiger partial charge in [0.05, 0.1) is 13.2 Å². The molecule has 0 N–H and O–H groups in total. The molecule has 0 amide bonds. The van der Waals surface area contributed by atoms with Gasteiger partial charge in [0.2, 0.25) is 0 Å². The molecule has 0 aliphatic carbocycles. The van der Waals surface area contributed by atoms with Crippen molar-refractivity contribution < 1.29 is 27.5 Å². The minimum Gasteiger partial charge on any atom is -0.463 e. The van der Waals surface area contributed by atoms with Crippen LogP contribution < -0.4 is 0 Å². The fourth-order valence-electron chi connectivity index (χ4n) is 2.94. The lowest BCUT2D eigenvalue weighted by Crippen LogP contribution is -2.46. The van der Waals surface area contributed by atoms with Crippen LogP contribution in [0.15, 0.2) is 0 Å². The highest BCUT2D eigenvalue weighted by Crippen LogP contribution is 2.28. The Hall–Kier alpha value is -0.163. The molecule has 1 heterocycles. The summed E-state index contributed by atoms with van der Waals surface area (Å²) in [6.45, 7) is 16.0. The summed E-state index contributed by atoms with van der Waals surface area (Å²) in [4.78, 5) is 14.7. The van der Waals surface area contributed by atoms with Crippen molar-refractivity contribution in [3.05, 3.63) is 0 Å². The number of morpholine rings is 1. The Bertz CT molecular complexity index is 418. The molecule has 7 nitrogen and oxygen atoms in total. The third-order valence-corrected chi connectivity index (χ3v) is 8.95. The first kappa shape index (κ1) is 25.9. The van der Waals surface area contributed by atoms with Crippen LogP contribution in [0.5, 0.6) is 0 Å². The van der Waals surface area contributed by atoms with E-state index in [9.17, 15) is 4.79 Å². The van der Waals surface area contributed by atoms with Crippen molar-refractivity contribution in [2.45, 2.75) is 51.8 Å². The Balaban J connectivity index is 2.34.